The number of anilines is 1. The van der Waals surface area contributed by atoms with Gasteiger partial charge in [0.05, 0.1) is 10.7 Å². The molecule has 0 radical (unpaired) electrons. The molecule has 0 spiro atoms. The number of hydrogen-bond donors (Lipinski definition) is 0. The Labute approximate surface area is 184 Å². The van der Waals surface area contributed by atoms with Gasteiger partial charge in [-0.05, 0) is 36.4 Å². The summed E-state index contributed by atoms with van der Waals surface area (Å²) in [6, 6.07) is 18.0. The number of carbonyl (C=O) groups excluding carboxylic acids is 1. The zero-order valence-electron chi connectivity index (χ0n) is 16.2. The number of benzene rings is 2. The van der Waals surface area contributed by atoms with Gasteiger partial charge in [0.25, 0.3) is 5.56 Å². The Morgan fingerprint density at radius 3 is 2.30 bits per heavy atom. The van der Waals surface area contributed by atoms with Crippen LogP contribution in [0.25, 0.3) is 11.3 Å². The zero-order valence-corrected chi connectivity index (χ0v) is 17.7. The van der Waals surface area contributed by atoms with Crippen LogP contribution in [0.5, 0.6) is 0 Å². The van der Waals surface area contributed by atoms with Gasteiger partial charge in [-0.1, -0.05) is 41.4 Å². The van der Waals surface area contributed by atoms with Crippen molar-refractivity contribution in [3.05, 3.63) is 81.1 Å². The number of piperazine rings is 1. The Bertz CT molecular complexity index is 1110. The van der Waals surface area contributed by atoms with E-state index >= 15 is 0 Å². The van der Waals surface area contributed by atoms with E-state index in [4.69, 9.17) is 23.2 Å². The lowest BCUT2D eigenvalue weighted by molar-refractivity contribution is -0.132. The van der Waals surface area contributed by atoms with Crippen LogP contribution in [0.2, 0.25) is 10.0 Å². The maximum absolute atomic E-state index is 12.8. The summed E-state index contributed by atoms with van der Waals surface area (Å²) < 4.78 is 1.20. The fourth-order valence-electron chi connectivity index (χ4n) is 3.47. The molecule has 1 aromatic heterocycles. The molecule has 0 aliphatic carbocycles. The lowest BCUT2D eigenvalue weighted by atomic mass is 10.1. The van der Waals surface area contributed by atoms with Crippen molar-refractivity contribution < 1.29 is 4.79 Å². The molecule has 154 valence electrons. The maximum Gasteiger partial charge on any atom is 0.267 e. The van der Waals surface area contributed by atoms with E-state index < -0.39 is 0 Å². The summed E-state index contributed by atoms with van der Waals surface area (Å²) in [7, 11) is 0. The van der Waals surface area contributed by atoms with Gasteiger partial charge in [0.1, 0.15) is 6.54 Å². The number of halogens is 2. The molecule has 4 rings (SSSR count). The third-order valence-corrected chi connectivity index (χ3v) is 5.71. The molecular weight excluding hydrogens is 423 g/mol. The monoisotopic (exact) mass is 442 g/mol. The Morgan fingerprint density at radius 2 is 1.60 bits per heavy atom. The molecule has 8 heteroatoms. The van der Waals surface area contributed by atoms with Crippen molar-refractivity contribution in [3.63, 3.8) is 0 Å². The Hall–Kier alpha value is -2.83. The summed E-state index contributed by atoms with van der Waals surface area (Å²) in [5, 5.41) is 5.60. The Morgan fingerprint density at radius 1 is 0.900 bits per heavy atom. The Balaban J connectivity index is 1.43. The van der Waals surface area contributed by atoms with Crippen molar-refractivity contribution in [2.75, 3.05) is 31.1 Å². The second kappa shape index (κ2) is 8.90. The highest BCUT2D eigenvalue weighted by Gasteiger charge is 2.22. The van der Waals surface area contributed by atoms with E-state index in [0.29, 0.717) is 28.8 Å². The molecule has 3 aromatic rings. The van der Waals surface area contributed by atoms with Gasteiger partial charge in [-0.25, -0.2) is 4.68 Å². The summed E-state index contributed by atoms with van der Waals surface area (Å²) in [6.07, 6.45) is 0. The molecule has 0 atom stereocenters. The molecule has 1 amide bonds. The van der Waals surface area contributed by atoms with Crippen LogP contribution < -0.4 is 10.5 Å². The van der Waals surface area contributed by atoms with Gasteiger partial charge >= 0.3 is 0 Å². The summed E-state index contributed by atoms with van der Waals surface area (Å²) in [5.74, 6) is -0.128. The smallest absolute Gasteiger partial charge is 0.267 e. The van der Waals surface area contributed by atoms with Gasteiger partial charge < -0.3 is 9.80 Å². The average molecular weight is 443 g/mol. The minimum absolute atomic E-state index is 0.0991. The van der Waals surface area contributed by atoms with Gasteiger partial charge in [0.2, 0.25) is 5.91 Å². The lowest BCUT2D eigenvalue weighted by Gasteiger charge is -2.36. The highest BCUT2D eigenvalue weighted by Crippen LogP contribution is 2.25. The number of carbonyl (C=O) groups is 1. The van der Waals surface area contributed by atoms with Crippen molar-refractivity contribution in [1.82, 2.24) is 14.7 Å². The predicted octanol–water partition coefficient (Wildman–Crippen LogP) is 3.57. The van der Waals surface area contributed by atoms with Gasteiger partial charge in [0, 0.05) is 48.5 Å². The van der Waals surface area contributed by atoms with Crippen LogP contribution in [0.15, 0.2) is 65.5 Å². The number of rotatable bonds is 4. The first kappa shape index (κ1) is 20.4. The molecule has 2 heterocycles. The van der Waals surface area contributed by atoms with E-state index in [9.17, 15) is 9.59 Å². The van der Waals surface area contributed by atoms with Crippen LogP contribution >= 0.6 is 23.2 Å². The molecule has 1 fully saturated rings. The van der Waals surface area contributed by atoms with Crippen LogP contribution in [-0.2, 0) is 11.3 Å². The topological polar surface area (TPSA) is 58.4 Å². The van der Waals surface area contributed by atoms with Crippen molar-refractivity contribution in [2.45, 2.75) is 6.54 Å². The first-order valence-corrected chi connectivity index (χ1v) is 10.4. The van der Waals surface area contributed by atoms with E-state index in [1.807, 2.05) is 42.5 Å². The third-order valence-electron chi connectivity index (χ3n) is 5.13. The standard InChI is InChI=1S/C22H20Cl2N4O2/c23-16-5-7-17(8-6-16)26-11-13-27(14-12-26)22(30)15-28-21(29)10-9-20(25-28)18-3-1-2-4-19(18)24/h1-10H,11-15H2. The minimum Gasteiger partial charge on any atom is -0.368 e. The van der Waals surface area contributed by atoms with Gasteiger partial charge in [-0.2, -0.15) is 5.10 Å². The minimum atomic E-state index is -0.320. The van der Waals surface area contributed by atoms with Crippen molar-refractivity contribution >= 4 is 34.8 Å². The fourth-order valence-corrected chi connectivity index (χ4v) is 3.83. The molecule has 0 unspecified atom stereocenters. The SMILES string of the molecule is O=C(Cn1nc(-c2ccccc2Cl)ccc1=O)N1CCN(c2ccc(Cl)cc2)CC1. The van der Waals surface area contributed by atoms with Gasteiger partial charge in [-0.15, -0.1) is 0 Å². The second-order valence-electron chi connectivity index (χ2n) is 7.04. The van der Waals surface area contributed by atoms with E-state index in [1.54, 1.807) is 17.0 Å². The molecule has 1 aliphatic rings. The van der Waals surface area contributed by atoms with E-state index in [1.165, 1.54) is 10.7 Å². The van der Waals surface area contributed by atoms with Gasteiger partial charge in [-0.3, -0.25) is 9.59 Å². The van der Waals surface area contributed by atoms with Crippen LogP contribution in [0.4, 0.5) is 5.69 Å². The largest absolute Gasteiger partial charge is 0.368 e. The molecule has 0 saturated carbocycles. The summed E-state index contributed by atoms with van der Waals surface area (Å²) >= 11 is 12.2. The first-order valence-electron chi connectivity index (χ1n) is 9.62. The average Bonchev–Trinajstić information content (AvgIpc) is 2.76. The molecule has 0 N–H and O–H groups in total. The number of nitrogens with zero attached hydrogens (tertiary/aromatic N) is 4. The zero-order chi connectivity index (χ0) is 21.1. The predicted molar refractivity (Wildman–Crippen MR) is 119 cm³/mol. The summed E-state index contributed by atoms with van der Waals surface area (Å²) in [6.45, 7) is 2.50. The molecule has 1 saturated heterocycles. The first-order chi connectivity index (χ1) is 14.5. The quantitative estimate of drug-likeness (QED) is 0.619. The summed E-state index contributed by atoms with van der Waals surface area (Å²) in [5.41, 5.74) is 2.04. The maximum atomic E-state index is 12.8. The van der Waals surface area contributed by atoms with Crippen LogP contribution in [-0.4, -0.2) is 46.8 Å². The normalized spacial score (nSPS) is 14.1. The molecular formula is C22H20Cl2N4O2. The number of aromatic nitrogens is 2. The number of hydrogen-bond acceptors (Lipinski definition) is 4. The second-order valence-corrected chi connectivity index (χ2v) is 7.88. The molecule has 6 nitrogen and oxygen atoms in total. The Kier molecular flexibility index (Phi) is 6.06. The van der Waals surface area contributed by atoms with Crippen LogP contribution in [0.3, 0.4) is 0 Å². The summed E-state index contributed by atoms with van der Waals surface area (Å²) in [4.78, 5) is 29.0. The van der Waals surface area contributed by atoms with E-state index in [-0.39, 0.29) is 18.0 Å². The lowest BCUT2D eigenvalue weighted by Crippen LogP contribution is -2.50. The van der Waals surface area contributed by atoms with Crippen LogP contribution in [0.1, 0.15) is 0 Å². The number of amides is 1. The van der Waals surface area contributed by atoms with Crippen LogP contribution in [0, 0.1) is 0 Å². The van der Waals surface area contributed by atoms with Gasteiger partial charge in [0.15, 0.2) is 0 Å². The van der Waals surface area contributed by atoms with E-state index in [0.717, 1.165) is 24.3 Å². The van der Waals surface area contributed by atoms with Crippen molar-refractivity contribution in [3.8, 4) is 11.3 Å². The van der Waals surface area contributed by atoms with Crippen molar-refractivity contribution in [1.29, 1.82) is 0 Å². The molecule has 2 aromatic carbocycles. The molecule has 1 aliphatic heterocycles. The van der Waals surface area contributed by atoms with E-state index in [2.05, 4.69) is 10.00 Å². The molecule has 0 bridgehead atoms. The fraction of sp³-hybridized carbons (Fsp3) is 0.227. The highest BCUT2D eigenvalue weighted by atomic mass is 35.5. The third kappa shape index (κ3) is 4.50. The van der Waals surface area contributed by atoms with Crippen molar-refractivity contribution in [2.24, 2.45) is 0 Å². The molecule has 30 heavy (non-hydrogen) atoms. The highest BCUT2D eigenvalue weighted by molar-refractivity contribution is 6.33.